The Bertz CT molecular complexity index is 1140. The van der Waals surface area contributed by atoms with Gasteiger partial charge >= 0.3 is 0 Å². The normalized spacial score (nSPS) is 13.7. The van der Waals surface area contributed by atoms with Crippen LogP contribution in [0.25, 0.3) is 11.3 Å². The van der Waals surface area contributed by atoms with E-state index in [1.807, 2.05) is 6.07 Å². The molecule has 1 amide bonds. The highest BCUT2D eigenvalue weighted by molar-refractivity contribution is 6.07. The average molecular weight is 447 g/mol. The number of nitrogen functional groups attached to an aromatic ring is 1. The number of nitrogens with zero attached hydrogens (tertiary/aromatic N) is 4. The zero-order chi connectivity index (χ0) is 23.2. The average Bonchev–Trinajstić information content (AvgIpc) is 2.84. The molecular formula is C22H23BFN7O2. The lowest BCUT2D eigenvalue weighted by Crippen LogP contribution is -2.36. The maximum absolute atomic E-state index is 14.7. The molecule has 4 N–H and O–H groups in total. The van der Waals surface area contributed by atoms with E-state index >= 15 is 0 Å². The molecule has 0 aliphatic carbocycles. The Morgan fingerprint density at radius 3 is 2.82 bits per heavy atom. The highest BCUT2D eigenvalue weighted by Gasteiger charge is 2.20. The summed E-state index contributed by atoms with van der Waals surface area (Å²) in [4.78, 5) is 27.6. The molecule has 0 spiro atoms. The van der Waals surface area contributed by atoms with Crippen molar-refractivity contribution in [3.05, 3.63) is 59.9 Å². The standard InChI is InChI=1S/C22H23BFN7O2/c23-28-6-3-14-1-2-15(16(24)11-14)17-13-27-21(25)20(29-17)22(32)30-18-12-26-5-4-19(18)31-7-9-33-10-8-31/h1-2,4-5,11-13,28H,3,6-10H2,(H2,25,27)(H,30,32). The molecular weight excluding hydrogens is 424 g/mol. The number of amides is 1. The van der Waals surface area contributed by atoms with Gasteiger partial charge in [0, 0.05) is 24.8 Å². The highest BCUT2D eigenvalue weighted by Crippen LogP contribution is 2.27. The van der Waals surface area contributed by atoms with Crippen molar-refractivity contribution < 1.29 is 13.9 Å². The zero-order valence-electron chi connectivity index (χ0n) is 17.9. The van der Waals surface area contributed by atoms with Crippen LogP contribution in [0, 0.1) is 5.82 Å². The number of aromatic nitrogens is 3. The third-order valence-corrected chi connectivity index (χ3v) is 5.28. The van der Waals surface area contributed by atoms with Crippen LogP contribution in [0.5, 0.6) is 0 Å². The van der Waals surface area contributed by atoms with Crippen LogP contribution in [0.1, 0.15) is 16.1 Å². The Morgan fingerprint density at radius 2 is 2.06 bits per heavy atom. The molecule has 1 aromatic carbocycles. The first-order valence-corrected chi connectivity index (χ1v) is 10.5. The van der Waals surface area contributed by atoms with Gasteiger partial charge in [0.15, 0.2) is 19.5 Å². The molecule has 9 nitrogen and oxygen atoms in total. The summed E-state index contributed by atoms with van der Waals surface area (Å²) in [5, 5.41) is 5.35. The Kier molecular flexibility index (Phi) is 7.11. The highest BCUT2D eigenvalue weighted by atomic mass is 19.1. The van der Waals surface area contributed by atoms with Crippen LogP contribution in [-0.4, -0.2) is 61.7 Å². The molecule has 0 atom stereocenters. The van der Waals surface area contributed by atoms with E-state index in [1.165, 1.54) is 12.3 Å². The number of halogens is 1. The van der Waals surface area contributed by atoms with Gasteiger partial charge in [-0.25, -0.2) is 14.4 Å². The van der Waals surface area contributed by atoms with E-state index in [2.05, 4.69) is 30.4 Å². The lowest BCUT2D eigenvalue weighted by atomic mass is 10.1. The Balaban J connectivity index is 1.58. The van der Waals surface area contributed by atoms with Crippen LogP contribution >= 0.6 is 0 Å². The van der Waals surface area contributed by atoms with Crippen molar-refractivity contribution in [3.8, 4) is 11.3 Å². The third-order valence-electron chi connectivity index (χ3n) is 5.28. The van der Waals surface area contributed by atoms with E-state index < -0.39 is 11.7 Å². The molecule has 2 radical (unpaired) electrons. The summed E-state index contributed by atoms with van der Waals surface area (Å²) < 4.78 is 20.1. The summed E-state index contributed by atoms with van der Waals surface area (Å²) in [6.07, 6.45) is 5.14. The van der Waals surface area contributed by atoms with Gasteiger partial charge in [-0.05, 0) is 36.7 Å². The topological polar surface area (TPSA) is 118 Å². The lowest BCUT2D eigenvalue weighted by Gasteiger charge is -2.30. The van der Waals surface area contributed by atoms with E-state index in [9.17, 15) is 9.18 Å². The minimum Gasteiger partial charge on any atom is -0.382 e. The minimum absolute atomic E-state index is 0.0564. The molecule has 1 fully saturated rings. The zero-order valence-corrected chi connectivity index (χ0v) is 17.9. The Morgan fingerprint density at radius 1 is 1.24 bits per heavy atom. The minimum atomic E-state index is -0.560. The van der Waals surface area contributed by atoms with Crippen LogP contribution in [0.3, 0.4) is 0 Å². The lowest BCUT2D eigenvalue weighted by molar-refractivity contribution is 0.102. The molecule has 3 heterocycles. The van der Waals surface area contributed by atoms with E-state index in [4.69, 9.17) is 18.5 Å². The summed E-state index contributed by atoms with van der Waals surface area (Å²) in [7, 11) is 5.28. The molecule has 0 saturated carbocycles. The maximum atomic E-state index is 14.7. The van der Waals surface area contributed by atoms with Gasteiger partial charge in [0.05, 0.1) is 42.7 Å². The van der Waals surface area contributed by atoms with Gasteiger partial charge in [0.1, 0.15) is 5.82 Å². The van der Waals surface area contributed by atoms with Crippen molar-refractivity contribution in [2.45, 2.75) is 6.42 Å². The molecule has 33 heavy (non-hydrogen) atoms. The summed E-state index contributed by atoms with van der Waals surface area (Å²) in [5.41, 5.74) is 8.37. The quantitative estimate of drug-likeness (QED) is 0.467. The molecule has 1 aliphatic heterocycles. The number of ether oxygens (including phenoxy) is 1. The van der Waals surface area contributed by atoms with Crippen LogP contribution in [0.2, 0.25) is 0 Å². The van der Waals surface area contributed by atoms with Gasteiger partial charge in [-0.1, -0.05) is 6.07 Å². The Labute approximate surface area is 192 Å². The van der Waals surface area contributed by atoms with Gasteiger partial charge in [0.2, 0.25) is 0 Å². The Hall–Kier alpha value is -3.57. The van der Waals surface area contributed by atoms with Gasteiger partial charge in [0.25, 0.3) is 5.91 Å². The summed E-state index contributed by atoms with van der Waals surface area (Å²) >= 11 is 0. The number of benzene rings is 1. The summed E-state index contributed by atoms with van der Waals surface area (Å²) in [6, 6.07) is 6.61. The molecule has 0 bridgehead atoms. The number of hydrogen-bond acceptors (Lipinski definition) is 8. The number of anilines is 3. The van der Waals surface area contributed by atoms with Gasteiger partial charge in [-0.15, -0.1) is 0 Å². The smallest absolute Gasteiger partial charge is 0.278 e. The largest absolute Gasteiger partial charge is 0.382 e. The molecule has 1 saturated heterocycles. The second-order valence-corrected chi connectivity index (χ2v) is 7.45. The number of pyridine rings is 1. The number of hydrogen-bond donors (Lipinski definition) is 3. The van der Waals surface area contributed by atoms with Crippen LogP contribution in [0.4, 0.5) is 21.6 Å². The van der Waals surface area contributed by atoms with Crippen LogP contribution < -0.4 is 21.2 Å². The predicted octanol–water partition coefficient (Wildman–Crippen LogP) is 1.56. The first-order valence-electron chi connectivity index (χ1n) is 10.5. The predicted molar refractivity (Wildman–Crippen MR) is 125 cm³/mol. The van der Waals surface area contributed by atoms with Gasteiger partial charge < -0.3 is 25.9 Å². The van der Waals surface area contributed by atoms with E-state index in [0.29, 0.717) is 45.0 Å². The van der Waals surface area contributed by atoms with E-state index in [-0.39, 0.29) is 22.8 Å². The number of rotatable bonds is 7. The molecule has 168 valence electrons. The molecule has 2 aromatic heterocycles. The molecule has 11 heteroatoms. The number of nitrogens with one attached hydrogen (secondary N) is 2. The van der Waals surface area contributed by atoms with Crippen molar-refractivity contribution in [1.82, 2.24) is 20.2 Å². The first kappa shape index (κ1) is 22.6. The number of carbonyl (C=O) groups is 1. The van der Waals surface area contributed by atoms with Crippen LogP contribution in [-0.2, 0) is 11.2 Å². The van der Waals surface area contributed by atoms with Crippen molar-refractivity contribution in [2.24, 2.45) is 0 Å². The molecule has 1 aliphatic rings. The SMILES string of the molecule is [B]NCCc1ccc(-c2cnc(N)c(C(=O)Nc3cnccc3N3CCOCC3)n2)c(F)c1. The number of carbonyl (C=O) groups excluding carboxylic acids is 1. The fourth-order valence-corrected chi connectivity index (χ4v) is 3.58. The van der Waals surface area contributed by atoms with E-state index in [0.717, 1.165) is 11.3 Å². The van der Waals surface area contributed by atoms with Crippen LogP contribution in [0.15, 0.2) is 42.9 Å². The summed E-state index contributed by atoms with van der Waals surface area (Å²) in [6.45, 7) is 3.11. The first-order chi connectivity index (χ1) is 16.1. The van der Waals surface area contributed by atoms with Crippen molar-refractivity contribution in [1.29, 1.82) is 0 Å². The van der Waals surface area contributed by atoms with E-state index in [1.54, 1.807) is 24.5 Å². The van der Waals surface area contributed by atoms with Crippen molar-refractivity contribution >= 4 is 31.1 Å². The fraction of sp³-hybridized carbons (Fsp3) is 0.273. The molecule has 0 unspecified atom stereocenters. The maximum Gasteiger partial charge on any atom is 0.278 e. The fourth-order valence-electron chi connectivity index (χ4n) is 3.58. The monoisotopic (exact) mass is 447 g/mol. The number of morpholine rings is 1. The third kappa shape index (κ3) is 5.26. The molecule has 4 rings (SSSR count). The summed E-state index contributed by atoms with van der Waals surface area (Å²) in [5.74, 6) is -1.09. The number of nitrogens with two attached hydrogens (primary N) is 1. The van der Waals surface area contributed by atoms with Gasteiger partial charge in [-0.3, -0.25) is 9.78 Å². The second kappa shape index (κ2) is 10.4. The van der Waals surface area contributed by atoms with Gasteiger partial charge in [-0.2, -0.15) is 0 Å². The van der Waals surface area contributed by atoms with Crippen molar-refractivity contribution in [3.63, 3.8) is 0 Å². The molecule has 3 aromatic rings. The second-order valence-electron chi connectivity index (χ2n) is 7.45. The van der Waals surface area contributed by atoms with Crippen molar-refractivity contribution in [2.75, 3.05) is 48.8 Å².